The molecular formula is C11H11N5. The number of anilines is 1. The van der Waals surface area contributed by atoms with Gasteiger partial charge in [-0.1, -0.05) is 6.07 Å². The van der Waals surface area contributed by atoms with Gasteiger partial charge in [0.25, 0.3) is 0 Å². The molecule has 0 bridgehead atoms. The number of nitrogens with one attached hydrogen (secondary N) is 1. The van der Waals surface area contributed by atoms with Gasteiger partial charge in [-0.05, 0) is 17.7 Å². The van der Waals surface area contributed by atoms with Crippen LogP contribution in [0.15, 0.2) is 30.7 Å². The molecule has 0 aliphatic heterocycles. The molecule has 0 atom stereocenters. The SMILES string of the molecule is N=C/C(=C\N)c1ccc2ncnc(N)c2c1. The smallest absolute Gasteiger partial charge is 0.134 e. The van der Waals surface area contributed by atoms with E-state index in [2.05, 4.69) is 9.97 Å². The zero-order valence-corrected chi connectivity index (χ0v) is 8.51. The van der Waals surface area contributed by atoms with Crippen molar-refractivity contribution in [2.75, 3.05) is 5.73 Å². The molecule has 0 aliphatic carbocycles. The van der Waals surface area contributed by atoms with E-state index in [1.807, 2.05) is 18.2 Å². The summed E-state index contributed by atoms with van der Waals surface area (Å²) in [4.78, 5) is 8.01. The van der Waals surface area contributed by atoms with Gasteiger partial charge in [-0.15, -0.1) is 0 Å². The van der Waals surface area contributed by atoms with Gasteiger partial charge in [0.15, 0.2) is 0 Å². The molecule has 0 unspecified atom stereocenters. The van der Waals surface area contributed by atoms with Crippen LogP contribution in [-0.2, 0) is 0 Å². The second-order valence-corrected chi connectivity index (χ2v) is 3.26. The van der Waals surface area contributed by atoms with Crippen LogP contribution in [0.3, 0.4) is 0 Å². The Bertz CT molecular complexity index is 574. The average Bonchev–Trinajstić information content (AvgIpc) is 2.32. The minimum absolute atomic E-state index is 0.424. The quantitative estimate of drug-likeness (QED) is 0.651. The molecule has 1 aromatic carbocycles. The molecule has 5 N–H and O–H groups in total. The summed E-state index contributed by atoms with van der Waals surface area (Å²) < 4.78 is 0. The third kappa shape index (κ3) is 1.58. The van der Waals surface area contributed by atoms with Gasteiger partial charge in [0.2, 0.25) is 0 Å². The van der Waals surface area contributed by atoms with Gasteiger partial charge < -0.3 is 16.9 Å². The first-order valence-electron chi connectivity index (χ1n) is 4.69. The second kappa shape index (κ2) is 3.98. The van der Waals surface area contributed by atoms with Gasteiger partial charge in [-0.2, -0.15) is 0 Å². The topological polar surface area (TPSA) is 102 Å². The minimum Gasteiger partial charge on any atom is -0.404 e. The lowest BCUT2D eigenvalue weighted by molar-refractivity contribution is 1.23. The zero-order valence-electron chi connectivity index (χ0n) is 8.51. The maximum Gasteiger partial charge on any atom is 0.134 e. The number of nitrogens with zero attached hydrogens (tertiary/aromatic N) is 2. The van der Waals surface area contributed by atoms with Gasteiger partial charge in [-0.25, -0.2) is 9.97 Å². The van der Waals surface area contributed by atoms with Gasteiger partial charge in [0, 0.05) is 23.4 Å². The van der Waals surface area contributed by atoms with Crippen molar-refractivity contribution in [1.29, 1.82) is 5.41 Å². The van der Waals surface area contributed by atoms with Crippen LogP contribution >= 0.6 is 0 Å². The van der Waals surface area contributed by atoms with Gasteiger partial charge in [-0.3, -0.25) is 0 Å². The third-order valence-corrected chi connectivity index (χ3v) is 2.33. The molecule has 5 heteroatoms. The number of nitrogens with two attached hydrogens (primary N) is 2. The van der Waals surface area contributed by atoms with Gasteiger partial charge in [0.1, 0.15) is 12.1 Å². The lowest BCUT2D eigenvalue weighted by atomic mass is 10.1. The van der Waals surface area contributed by atoms with E-state index in [1.165, 1.54) is 18.7 Å². The Kier molecular flexibility index (Phi) is 2.51. The van der Waals surface area contributed by atoms with Crippen LogP contribution in [0.25, 0.3) is 16.5 Å². The van der Waals surface area contributed by atoms with Crippen LogP contribution in [0.4, 0.5) is 5.82 Å². The summed E-state index contributed by atoms with van der Waals surface area (Å²) in [6, 6.07) is 5.50. The maximum absolute atomic E-state index is 7.22. The molecule has 1 aromatic heterocycles. The Labute approximate surface area is 92.3 Å². The number of rotatable bonds is 2. The summed E-state index contributed by atoms with van der Waals surface area (Å²) in [5.74, 6) is 0.424. The van der Waals surface area contributed by atoms with Crippen molar-refractivity contribution in [2.24, 2.45) is 5.73 Å². The first-order chi connectivity index (χ1) is 7.76. The number of aromatic nitrogens is 2. The fourth-order valence-electron chi connectivity index (χ4n) is 1.48. The molecule has 16 heavy (non-hydrogen) atoms. The van der Waals surface area contributed by atoms with Gasteiger partial charge in [0.05, 0.1) is 5.52 Å². The number of fused-ring (bicyclic) bond motifs is 1. The normalized spacial score (nSPS) is 11.6. The summed E-state index contributed by atoms with van der Waals surface area (Å²) in [7, 11) is 0. The highest BCUT2D eigenvalue weighted by Gasteiger charge is 2.03. The van der Waals surface area contributed by atoms with Crippen molar-refractivity contribution >= 4 is 28.5 Å². The van der Waals surface area contributed by atoms with E-state index in [1.54, 1.807) is 0 Å². The van der Waals surface area contributed by atoms with Crippen LogP contribution in [-0.4, -0.2) is 16.2 Å². The molecular weight excluding hydrogens is 202 g/mol. The summed E-state index contributed by atoms with van der Waals surface area (Å²) in [5.41, 5.74) is 13.4. The Hall–Kier alpha value is -2.43. The van der Waals surface area contributed by atoms with Crippen molar-refractivity contribution in [2.45, 2.75) is 0 Å². The maximum atomic E-state index is 7.22. The number of benzene rings is 1. The van der Waals surface area contributed by atoms with E-state index in [0.29, 0.717) is 11.4 Å². The van der Waals surface area contributed by atoms with Crippen molar-refractivity contribution < 1.29 is 0 Å². The van der Waals surface area contributed by atoms with Crippen molar-refractivity contribution in [3.05, 3.63) is 36.3 Å². The zero-order chi connectivity index (χ0) is 11.5. The molecule has 0 radical (unpaired) electrons. The number of hydrogen-bond acceptors (Lipinski definition) is 5. The molecule has 2 rings (SSSR count). The molecule has 1 heterocycles. The Morgan fingerprint density at radius 1 is 1.31 bits per heavy atom. The molecule has 0 spiro atoms. The van der Waals surface area contributed by atoms with Crippen LogP contribution in [0.5, 0.6) is 0 Å². The van der Waals surface area contributed by atoms with Crippen molar-refractivity contribution in [3.63, 3.8) is 0 Å². The number of nitrogen functional groups attached to an aromatic ring is 1. The molecule has 0 saturated carbocycles. The minimum atomic E-state index is 0.424. The van der Waals surface area contributed by atoms with E-state index in [4.69, 9.17) is 16.9 Å². The van der Waals surface area contributed by atoms with E-state index in [-0.39, 0.29) is 0 Å². The van der Waals surface area contributed by atoms with E-state index < -0.39 is 0 Å². The lowest BCUT2D eigenvalue weighted by Crippen LogP contribution is -1.95. The monoisotopic (exact) mass is 213 g/mol. The predicted molar refractivity (Wildman–Crippen MR) is 64.9 cm³/mol. The summed E-state index contributed by atoms with van der Waals surface area (Å²) in [6.07, 6.45) is 4.00. The fraction of sp³-hybridized carbons (Fsp3) is 0. The average molecular weight is 213 g/mol. The fourth-order valence-corrected chi connectivity index (χ4v) is 1.48. The Morgan fingerprint density at radius 2 is 2.12 bits per heavy atom. The van der Waals surface area contributed by atoms with Gasteiger partial charge >= 0.3 is 0 Å². The highest BCUT2D eigenvalue weighted by Crippen LogP contribution is 2.21. The van der Waals surface area contributed by atoms with E-state index >= 15 is 0 Å². The van der Waals surface area contributed by atoms with Crippen LogP contribution in [0.1, 0.15) is 5.56 Å². The number of hydrogen-bond donors (Lipinski definition) is 3. The van der Waals surface area contributed by atoms with Crippen LogP contribution in [0, 0.1) is 5.41 Å². The summed E-state index contributed by atoms with van der Waals surface area (Å²) in [5, 5.41) is 7.99. The second-order valence-electron chi connectivity index (χ2n) is 3.26. The van der Waals surface area contributed by atoms with Crippen LogP contribution in [0.2, 0.25) is 0 Å². The first-order valence-corrected chi connectivity index (χ1v) is 4.69. The first kappa shape index (κ1) is 10.1. The third-order valence-electron chi connectivity index (χ3n) is 2.33. The molecule has 5 nitrogen and oxygen atoms in total. The highest BCUT2D eigenvalue weighted by atomic mass is 14.9. The van der Waals surface area contributed by atoms with E-state index in [9.17, 15) is 0 Å². The molecule has 2 aromatic rings. The molecule has 0 aliphatic rings. The largest absolute Gasteiger partial charge is 0.404 e. The summed E-state index contributed by atoms with van der Waals surface area (Å²) >= 11 is 0. The Balaban J connectivity index is 2.68. The predicted octanol–water partition coefficient (Wildman–Crippen LogP) is 1.16. The van der Waals surface area contributed by atoms with Crippen molar-refractivity contribution in [1.82, 2.24) is 9.97 Å². The molecule has 0 amide bonds. The number of allylic oxidation sites excluding steroid dienone is 1. The lowest BCUT2D eigenvalue weighted by Gasteiger charge is -2.04. The van der Waals surface area contributed by atoms with Crippen LogP contribution < -0.4 is 11.5 Å². The van der Waals surface area contributed by atoms with E-state index in [0.717, 1.165) is 16.5 Å². The summed E-state index contributed by atoms with van der Waals surface area (Å²) in [6.45, 7) is 0. The molecule has 0 saturated heterocycles. The molecule has 80 valence electrons. The highest BCUT2D eigenvalue weighted by molar-refractivity contribution is 6.09. The standard InChI is InChI=1S/C11H11N5/c12-4-8(5-13)7-1-2-10-9(3-7)11(14)16-6-15-10/h1-6,12H,13H2,(H2,14,15,16)/b8-5+,12-4?. The molecule has 0 fully saturated rings. The Morgan fingerprint density at radius 3 is 2.81 bits per heavy atom. The van der Waals surface area contributed by atoms with Crippen molar-refractivity contribution in [3.8, 4) is 0 Å².